The van der Waals surface area contributed by atoms with Crippen molar-refractivity contribution in [1.82, 2.24) is 0 Å². The Hall–Kier alpha value is -1.72. The Bertz CT molecular complexity index is 614. The van der Waals surface area contributed by atoms with Crippen molar-refractivity contribution >= 4 is 20.3 Å². The molecule has 1 aromatic rings. The Kier molecular flexibility index (Phi) is 4.98. The first-order valence-corrected chi connectivity index (χ1v) is 10.5. The van der Waals surface area contributed by atoms with Crippen molar-refractivity contribution in [3.05, 3.63) is 46.5 Å². The minimum Gasteiger partial charge on any atom is -0.420 e. The Morgan fingerprint density at radius 1 is 1.05 bits per heavy atom. The van der Waals surface area contributed by atoms with Gasteiger partial charge in [-0.05, 0) is 38.0 Å². The van der Waals surface area contributed by atoms with Crippen LogP contribution < -0.4 is 0 Å². The normalized spacial score (nSPS) is 15.5. The molecule has 0 atom stereocenters. The molecule has 0 N–H and O–H groups in total. The third kappa shape index (κ3) is 3.93. The number of ether oxygens (including phenoxy) is 1. The van der Waals surface area contributed by atoms with E-state index in [9.17, 15) is 9.59 Å². The van der Waals surface area contributed by atoms with Crippen molar-refractivity contribution in [3.8, 4) is 0 Å². The summed E-state index contributed by atoms with van der Waals surface area (Å²) in [7, 11) is -0.0784. The van der Waals surface area contributed by atoms with Crippen molar-refractivity contribution in [2.45, 2.75) is 38.9 Å². The zero-order valence-corrected chi connectivity index (χ0v) is 14.6. The lowest BCUT2D eigenvalue weighted by Crippen LogP contribution is -2.28. The molecule has 0 saturated heterocycles. The van der Waals surface area contributed by atoms with Gasteiger partial charge in [0.15, 0.2) is 8.32 Å². The first-order chi connectivity index (χ1) is 10.3. The summed E-state index contributed by atoms with van der Waals surface area (Å²) in [4.78, 5) is 23.9. The number of hydrogen-bond donors (Lipinski definition) is 0. The maximum atomic E-state index is 11.9. The summed E-state index contributed by atoms with van der Waals surface area (Å²) in [5, 5.41) is 0. The smallest absolute Gasteiger partial charge is 0.342 e. The molecule has 4 nitrogen and oxygen atoms in total. The molecule has 0 amide bonds. The summed E-state index contributed by atoms with van der Waals surface area (Å²) < 4.78 is 10.3. The van der Waals surface area contributed by atoms with Crippen LogP contribution in [0.3, 0.4) is 0 Å². The lowest BCUT2D eigenvalue weighted by molar-refractivity contribution is -0.151. The highest BCUT2D eigenvalue weighted by Crippen LogP contribution is 2.27. The number of carbonyl (C=O) groups is 2. The van der Waals surface area contributed by atoms with E-state index in [-0.39, 0.29) is 0 Å². The number of cyclic esters (lactones) is 2. The second kappa shape index (κ2) is 6.58. The molecule has 0 fully saturated rings. The molecule has 0 aliphatic carbocycles. The monoisotopic (exact) mass is 318 g/mol. The van der Waals surface area contributed by atoms with Crippen LogP contribution in [0.2, 0.25) is 19.1 Å². The van der Waals surface area contributed by atoms with Gasteiger partial charge < -0.3 is 9.16 Å². The van der Waals surface area contributed by atoms with Crippen molar-refractivity contribution in [1.29, 1.82) is 0 Å². The van der Waals surface area contributed by atoms with Crippen LogP contribution in [-0.2, 0) is 25.2 Å². The molecule has 0 unspecified atom stereocenters. The molecule has 118 valence electrons. The van der Waals surface area contributed by atoms with Crippen LogP contribution in [0, 0.1) is 6.92 Å². The molecule has 5 heteroatoms. The maximum Gasteiger partial charge on any atom is 0.342 e. The fourth-order valence-electron chi connectivity index (χ4n) is 2.32. The molecule has 1 heterocycles. The van der Waals surface area contributed by atoms with Gasteiger partial charge in [-0.2, -0.15) is 0 Å². The second-order valence-electron chi connectivity index (χ2n) is 6.26. The molecule has 1 aliphatic heterocycles. The van der Waals surface area contributed by atoms with Crippen LogP contribution >= 0.6 is 0 Å². The predicted octanol–water partition coefficient (Wildman–Crippen LogP) is 3.16. The van der Waals surface area contributed by atoms with Gasteiger partial charge in [-0.1, -0.05) is 29.8 Å². The first kappa shape index (κ1) is 16.6. The van der Waals surface area contributed by atoms with E-state index in [1.165, 1.54) is 0 Å². The van der Waals surface area contributed by atoms with Crippen molar-refractivity contribution in [2.24, 2.45) is 0 Å². The molecule has 0 aromatic heterocycles. The number of carbonyl (C=O) groups excluding carboxylic acids is 2. The Balaban J connectivity index is 2.20. The minimum atomic E-state index is -1.78. The molecule has 0 bridgehead atoms. The zero-order valence-electron chi connectivity index (χ0n) is 13.6. The zero-order chi connectivity index (χ0) is 16.3. The third-order valence-electron chi connectivity index (χ3n) is 4.07. The number of benzene rings is 1. The number of esters is 2. The van der Waals surface area contributed by atoms with Gasteiger partial charge in [0, 0.05) is 19.1 Å². The molecular weight excluding hydrogens is 296 g/mol. The minimum absolute atomic E-state index is 0.440. The standard InChI is InChI=1S/C17H22O4Si/c1-12-5-7-13(8-6-12)11-15-14(16(18)21-17(15)19)9-10-22(3,4)20-2/h5-8H,9-11H2,1-4H3. The molecule has 0 radical (unpaired) electrons. The Morgan fingerprint density at radius 2 is 1.64 bits per heavy atom. The van der Waals surface area contributed by atoms with E-state index in [1.807, 2.05) is 31.2 Å². The highest BCUT2D eigenvalue weighted by Gasteiger charge is 2.34. The predicted molar refractivity (Wildman–Crippen MR) is 86.9 cm³/mol. The van der Waals surface area contributed by atoms with Gasteiger partial charge in [0.2, 0.25) is 0 Å². The summed E-state index contributed by atoms with van der Waals surface area (Å²) in [6.45, 7) is 6.20. The summed E-state index contributed by atoms with van der Waals surface area (Å²) in [5.74, 6) is -0.995. The van der Waals surface area contributed by atoms with Crippen molar-refractivity contribution < 1.29 is 18.8 Å². The molecule has 2 rings (SSSR count). The molecule has 22 heavy (non-hydrogen) atoms. The van der Waals surface area contributed by atoms with Crippen LogP contribution in [0.15, 0.2) is 35.4 Å². The third-order valence-corrected chi connectivity index (χ3v) is 6.63. The van der Waals surface area contributed by atoms with E-state index in [4.69, 9.17) is 9.16 Å². The average molecular weight is 318 g/mol. The van der Waals surface area contributed by atoms with Gasteiger partial charge in [-0.15, -0.1) is 0 Å². The van der Waals surface area contributed by atoms with Crippen molar-refractivity contribution in [3.63, 3.8) is 0 Å². The second-order valence-corrected chi connectivity index (χ2v) is 10.7. The lowest BCUT2D eigenvalue weighted by Gasteiger charge is -2.19. The van der Waals surface area contributed by atoms with E-state index in [0.717, 1.165) is 17.2 Å². The number of rotatable bonds is 6. The summed E-state index contributed by atoms with van der Waals surface area (Å²) in [6.07, 6.45) is 0.980. The van der Waals surface area contributed by atoms with Gasteiger partial charge in [-0.25, -0.2) is 9.59 Å². The molecule has 0 spiro atoms. The largest absolute Gasteiger partial charge is 0.420 e. The van der Waals surface area contributed by atoms with Crippen LogP contribution in [0.4, 0.5) is 0 Å². The van der Waals surface area contributed by atoms with E-state index >= 15 is 0 Å². The van der Waals surface area contributed by atoms with E-state index in [1.54, 1.807) is 7.11 Å². The van der Waals surface area contributed by atoms with Crippen LogP contribution in [0.25, 0.3) is 0 Å². The molecular formula is C17H22O4Si. The summed E-state index contributed by atoms with van der Waals surface area (Å²) in [5.41, 5.74) is 3.18. The van der Waals surface area contributed by atoms with E-state index in [2.05, 4.69) is 13.1 Å². The number of aryl methyl sites for hydroxylation is 1. The van der Waals surface area contributed by atoms with E-state index in [0.29, 0.717) is 24.0 Å². The lowest BCUT2D eigenvalue weighted by atomic mass is 9.99. The maximum absolute atomic E-state index is 11.9. The van der Waals surface area contributed by atoms with Gasteiger partial charge >= 0.3 is 11.9 Å². The Labute approximate surface area is 132 Å². The quantitative estimate of drug-likeness (QED) is 0.459. The number of hydrogen-bond acceptors (Lipinski definition) is 4. The molecule has 1 aromatic carbocycles. The van der Waals surface area contributed by atoms with Crippen LogP contribution in [0.1, 0.15) is 17.5 Å². The van der Waals surface area contributed by atoms with Gasteiger partial charge in [-0.3, -0.25) is 0 Å². The summed E-state index contributed by atoms with van der Waals surface area (Å²) >= 11 is 0. The van der Waals surface area contributed by atoms with Crippen LogP contribution in [-0.4, -0.2) is 27.4 Å². The highest BCUT2D eigenvalue weighted by atomic mass is 28.4. The topological polar surface area (TPSA) is 52.6 Å². The van der Waals surface area contributed by atoms with Crippen molar-refractivity contribution in [2.75, 3.05) is 7.11 Å². The van der Waals surface area contributed by atoms with Crippen LogP contribution in [0.5, 0.6) is 0 Å². The fraction of sp³-hybridized carbons (Fsp3) is 0.412. The summed E-state index contributed by atoms with van der Waals surface area (Å²) in [6, 6.07) is 8.74. The van der Waals surface area contributed by atoms with Gasteiger partial charge in [0.05, 0.1) is 5.57 Å². The first-order valence-electron chi connectivity index (χ1n) is 7.41. The molecule has 1 aliphatic rings. The molecule has 0 saturated carbocycles. The Morgan fingerprint density at radius 3 is 2.23 bits per heavy atom. The van der Waals surface area contributed by atoms with Gasteiger partial charge in [0.1, 0.15) is 0 Å². The highest BCUT2D eigenvalue weighted by molar-refractivity contribution is 6.71. The SMILES string of the molecule is CO[Si](C)(C)CCC1=C(Cc2ccc(C)cc2)C(=O)OC1=O. The van der Waals surface area contributed by atoms with E-state index < -0.39 is 20.3 Å². The average Bonchev–Trinajstić information content (AvgIpc) is 2.73. The van der Waals surface area contributed by atoms with Gasteiger partial charge in [0.25, 0.3) is 0 Å². The fourth-order valence-corrected chi connectivity index (χ4v) is 3.38.